The van der Waals surface area contributed by atoms with Gasteiger partial charge >= 0.3 is 0 Å². The number of halogens is 2. The van der Waals surface area contributed by atoms with Crippen LogP contribution in [0.15, 0.2) is 53.0 Å². The van der Waals surface area contributed by atoms with Crippen molar-refractivity contribution < 1.29 is 9.18 Å². The standard InChI is InChI=1S/C15H14BrFN2O/c1-15(14(18)20,10-6-2-4-8-12(10)17)19-13-9-5-3-7-11(13)16/h2-9,19H,1H3,(H2,18,20). The Labute approximate surface area is 125 Å². The fraction of sp³-hybridized carbons (Fsp3) is 0.133. The highest BCUT2D eigenvalue weighted by Crippen LogP contribution is 2.31. The summed E-state index contributed by atoms with van der Waals surface area (Å²) in [5.41, 5.74) is 5.02. The lowest BCUT2D eigenvalue weighted by molar-refractivity contribution is -0.122. The molecule has 0 spiro atoms. The van der Waals surface area contributed by atoms with Crippen LogP contribution in [-0.4, -0.2) is 5.91 Å². The lowest BCUT2D eigenvalue weighted by atomic mass is 9.90. The second kappa shape index (κ2) is 5.63. The third kappa shape index (κ3) is 2.67. The number of anilines is 1. The van der Waals surface area contributed by atoms with Crippen molar-refractivity contribution in [2.45, 2.75) is 12.5 Å². The molecule has 0 heterocycles. The van der Waals surface area contributed by atoms with E-state index in [1.54, 1.807) is 31.2 Å². The van der Waals surface area contributed by atoms with E-state index in [2.05, 4.69) is 21.2 Å². The number of benzene rings is 2. The molecule has 0 aliphatic rings. The third-order valence-electron chi connectivity index (χ3n) is 3.16. The predicted molar refractivity (Wildman–Crippen MR) is 80.7 cm³/mol. The van der Waals surface area contributed by atoms with Crippen molar-refractivity contribution >= 4 is 27.5 Å². The van der Waals surface area contributed by atoms with Crippen molar-refractivity contribution in [3.8, 4) is 0 Å². The van der Waals surface area contributed by atoms with E-state index < -0.39 is 17.3 Å². The molecule has 0 aliphatic heterocycles. The summed E-state index contributed by atoms with van der Waals surface area (Å²) < 4.78 is 14.8. The van der Waals surface area contributed by atoms with Crippen LogP contribution in [0.1, 0.15) is 12.5 Å². The molecular weight excluding hydrogens is 323 g/mol. The molecule has 1 atom stereocenters. The van der Waals surface area contributed by atoms with Crippen LogP contribution in [0.4, 0.5) is 10.1 Å². The molecule has 104 valence electrons. The lowest BCUT2D eigenvalue weighted by Crippen LogP contribution is -2.45. The normalized spacial score (nSPS) is 13.6. The number of nitrogens with one attached hydrogen (secondary N) is 1. The number of nitrogens with two attached hydrogens (primary N) is 1. The van der Waals surface area contributed by atoms with E-state index in [1.165, 1.54) is 6.07 Å². The second-order valence-electron chi connectivity index (χ2n) is 4.57. The van der Waals surface area contributed by atoms with Gasteiger partial charge in [-0.3, -0.25) is 4.79 Å². The summed E-state index contributed by atoms with van der Waals surface area (Å²) in [7, 11) is 0. The number of hydrogen-bond acceptors (Lipinski definition) is 2. The first-order chi connectivity index (χ1) is 9.45. The maximum absolute atomic E-state index is 14.0. The van der Waals surface area contributed by atoms with Crippen LogP contribution >= 0.6 is 15.9 Å². The van der Waals surface area contributed by atoms with Crippen molar-refractivity contribution in [3.05, 3.63) is 64.4 Å². The molecule has 0 bridgehead atoms. The quantitative estimate of drug-likeness (QED) is 0.898. The van der Waals surface area contributed by atoms with Crippen LogP contribution in [-0.2, 0) is 10.3 Å². The Hall–Kier alpha value is -1.88. The molecule has 3 N–H and O–H groups in total. The Morgan fingerprint density at radius 1 is 1.20 bits per heavy atom. The molecule has 2 rings (SSSR count). The van der Waals surface area contributed by atoms with Gasteiger partial charge in [0.2, 0.25) is 5.91 Å². The number of carbonyl (C=O) groups is 1. The van der Waals surface area contributed by atoms with E-state index in [-0.39, 0.29) is 5.56 Å². The van der Waals surface area contributed by atoms with Crippen molar-refractivity contribution in [1.82, 2.24) is 0 Å². The van der Waals surface area contributed by atoms with Gasteiger partial charge in [-0.05, 0) is 41.1 Å². The molecule has 0 aliphatic carbocycles. The van der Waals surface area contributed by atoms with Crippen molar-refractivity contribution in [2.24, 2.45) is 5.73 Å². The minimum Gasteiger partial charge on any atom is -0.367 e. The topological polar surface area (TPSA) is 55.1 Å². The molecule has 0 radical (unpaired) electrons. The maximum Gasteiger partial charge on any atom is 0.247 e. The summed E-state index contributed by atoms with van der Waals surface area (Å²) in [6.45, 7) is 1.56. The monoisotopic (exact) mass is 336 g/mol. The van der Waals surface area contributed by atoms with Gasteiger partial charge in [-0.15, -0.1) is 0 Å². The lowest BCUT2D eigenvalue weighted by Gasteiger charge is -2.30. The van der Waals surface area contributed by atoms with Gasteiger partial charge in [0.15, 0.2) is 0 Å². The van der Waals surface area contributed by atoms with Gasteiger partial charge < -0.3 is 11.1 Å². The zero-order chi connectivity index (χ0) is 14.8. The molecule has 2 aromatic carbocycles. The van der Waals surface area contributed by atoms with E-state index in [1.807, 2.05) is 18.2 Å². The number of para-hydroxylation sites is 1. The molecule has 1 amide bonds. The zero-order valence-electron chi connectivity index (χ0n) is 10.9. The van der Waals surface area contributed by atoms with Crippen LogP contribution < -0.4 is 11.1 Å². The number of hydrogen-bond donors (Lipinski definition) is 2. The summed E-state index contributed by atoms with van der Waals surface area (Å²) in [5, 5.41) is 3.02. The summed E-state index contributed by atoms with van der Waals surface area (Å²) >= 11 is 3.38. The largest absolute Gasteiger partial charge is 0.367 e. The van der Waals surface area contributed by atoms with Gasteiger partial charge in [0.05, 0.1) is 0 Å². The van der Waals surface area contributed by atoms with Crippen LogP contribution in [0.25, 0.3) is 0 Å². The smallest absolute Gasteiger partial charge is 0.247 e. The van der Waals surface area contributed by atoms with Gasteiger partial charge in [0.25, 0.3) is 0 Å². The Morgan fingerprint density at radius 3 is 2.40 bits per heavy atom. The summed E-state index contributed by atoms with van der Waals surface area (Å²) in [6, 6.07) is 13.4. The van der Waals surface area contributed by atoms with Gasteiger partial charge in [0.1, 0.15) is 11.4 Å². The van der Waals surface area contributed by atoms with E-state index in [4.69, 9.17) is 5.73 Å². The first kappa shape index (κ1) is 14.5. The van der Waals surface area contributed by atoms with Crippen molar-refractivity contribution in [3.63, 3.8) is 0 Å². The second-order valence-corrected chi connectivity index (χ2v) is 5.43. The summed E-state index contributed by atoms with van der Waals surface area (Å²) in [4.78, 5) is 11.9. The third-order valence-corrected chi connectivity index (χ3v) is 3.86. The Balaban J connectivity index is 2.49. The Morgan fingerprint density at radius 2 is 1.80 bits per heavy atom. The molecule has 20 heavy (non-hydrogen) atoms. The molecule has 0 saturated heterocycles. The summed E-state index contributed by atoms with van der Waals surface area (Å²) in [6.07, 6.45) is 0. The van der Waals surface area contributed by atoms with Crippen molar-refractivity contribution in [1.29, 1.82) is 0 Å². The van der Waals surface area contributed by atoms with Crippen LogP contribution in [0.3, 0.4) is 0 Å². The van der Waals surface area contributed by atoms with Crippen LogP contribution in [0, 0.1) is 5.82 Å². The van der Waals surface area contributed by atoms with Gasteiger partial charge in [-0.1, -0.05) is 30.3 Å². The average Bonchev–Trinajstić information content (AvgIpc) is 2.41. The molecule has 2 aromatic rings. The first-order valence-electron chi connectivity index (χ1n) is 6.03. The first-order valence-corrected chi connectivity index (χ1v) is 6.82. The van der Waals surface area contributed by atoms with Gasteiger partial charge in [0, 0.05) is 15.7 Å². The number of carbonyl (C=O) groups excluding carboxylic acids is 1. The minimum absolute atomic E-state index is 0.211. The number of primary amides is 1. The highest BCUT2D eigenvalue weighted by atomic mass is 79.9. The van der Waals surface area contributed by atoms with E-state index in [0.29, 0.717) is 5.69 Å². The highest BCUT2D eigenvalue weighted by Gasteiger charge is 2.35. The van der Waals surface area contributed by atoms with E-state index >= 15 is 0 Å². The van der Waals surface area contributed by atoms with Crippen molar-refractivity contribution in [2.75, 3.05) is 5.32 Å². The minimum atomic E-state index is -1.34. The predicted octanol–water partition coefficient (Wildman–Crippen LogP) is 3.40. The average molecular weight is 337 g/mol. The SMILES string of the molecule is CC(Nc1ccccc1Br)(C(N)=O)c1ccccc1F. The Kier molecular flexibility index (Phi) is 4.09. The summed E-state index contributed by atoms with van der Waals surface area (Å²) in [5.74, 6) is -1.13. The highest BCUT2D eigenvalue weighted by molar-refractivity contribution is 9.10. The van der Waals surface area contributed by atoms with Gasteiger partial charge in [-0.25, -0.2) is 4.39 Å². The van der Waals surface area contributed by atoms with Crippen LogP contribution in [0.2, 0.25) is 0 Å². The molecular formula is C15H14BrFN2O. The van der Waals surface area contributed by atoms with Gasteiger partial charge in [-0.2, -0.15) is 0 Å². The molecule has 0 saturated carbocycles. The zero-order valence-corrected chi connectivity index (χ0v) is 12.4. The van der Waals surface area contributed by atoms with E-state index in [0.717, 1.165) is 4.47 Å². The molecule has 0 fully saturated rings. The number of rotatable bonds is 4. The molecule has 0 aromatic heterocycles. The Bertz CT molecular complexity index is 647. The molecule has 1 unspecified atom stereocenters. The fourth-order valence-electron chi connectivity index (χ4n) is 1.96. The maximum atomic E-state index is 14.0. The molecule has 5 heteroatoms. The van der Waals surface area contributed by atoms with Crippen LogP contribution in [0.5, 0.6) is 0 Å². The fourth-order valence-corrected chi connectivity index (χ4v) is 2.34. The van der Waals surface area contributed by atoms with E-state index in [9.17, 15) is 9.18 Å². The number of amides is 1. The molecule has 3 nitrogen and oxygen atoms in total.